The van der Waals surface area contributed by atoms with Gasteiger partial charge in [-0.1, -0.05) is 12.1 Å². The summed E-state index contributed by atoms with van der Waals surface area (Å²) in [6, 6.07) is 6.96. The van der Waals surface area contributed by atoms with Crippen LogP contribution in [0.4, 0.5) is 0 Å². The van der Waals surface area contributed by atoms with Gasteiger partial charge in [-0.3, -0.25) is 4.79 Å². The summed E-state index contributed by atoms with van der Waals surface area (Å²) in [5.41, 5.74) is 0.721. The lowest BCUT2D eigenvalue weighted by molar-refractivity contribution is -0.140. The van der Waals surface area contributed by atoms with Crippen molar-refractivity contribution in [2.45, 2.75) is 5.25 Å². The number of hydrogen-bond acceptors (Lipinski definition) is 5. The Hall–Kier alpha value is -1.67. The van der Waals surface area contributed by atoms with Crippen LogP contribution < -0.4 is 4.74 Å². The van der Waals surface area contributed by atoms with Crippen molar-refractivity contribution in [3.8, 4) is 11.2 Å². The monoisotopic (exact) mass is 237 g/mol. The quantitative estimate of drug-likeness (QED) is 0.593. The van der Waals surface area contributed by atoms with Crippen LogP contribution in [0.25, 0.3) is 0 Å². The summed E-state index contributed by atoms with van der Waals surface area (Å²) < 4.78 is 9.64. The third-order valence-electron chi connectivity index (χ3n) is 2.00. The van der Waals surface area contributed by atoms with Crippen molar-refractivity contribution in [1.82, 2.24) is 0 Å². The number of methoxy groups -OCH3 is 2. The molecule has 1 aromatic rings. The van der Waals surface area contributed by atoms with Gasteiger partial charge in [0.25, 0.3) is 0 Å². The molecule has 84 valence electrons. The molecule has 0 N–H and O–H groups in total. The number of thioether (sulfide) groups is 1. The number of rotatable bonds is 4. The molecule has 1 aromatic carbocycles. The zero-order valence-corrected chi connectivity index (χ0v) is 9.78. The molecule has 0 saturated heterocycles. The first-order chi connectivity index (χ1) is 7.72. The van der Waals surface area contributed by atoms with Gasteiger partial charge in [-0.05, 0) is 29.5 Å². The van der Waals surface area contributed by atoms with E-state index in [2.05, 4.69) is 4.74 Å². The molecule has 0 aromatic heterocycles. The Kier molecular flexibility index (Phi) is 4.67. The highest BCUT2D eigenvalue weighted by atomic mass is 32.2. The fourth-order valence-electron chi connectivity index (χ4n) is 1.19. The minimum Gasteiger partial charge on any atom is -0.497 e. The highest BCUT2D eigenvalue weighted by Gasteiger charge is 2.22. The molecule has 0 bridgehead atoms. The molecule has 0 aliphatic heterocycles. The number of ether oxygens (including phenoxy) is 2. The average molecular weight is 237 g/mol. The molecule has 0 heterocycles. The third-order valence-corrected chi connectivity index (χ3v) is 2.81. The zero-order valence-electron chi connectivity index (χ0n) is 8.97. The number of thiocyanates is 1. The summed E-state index contributed by atoms with van der Waals surface area (Å²) in [5.74, 6) is 0.269. The van der Waals surface area contributed by atoms with Crippen LogP contribution in [-0.4, -0.2) is 20.2 Å². The van der Waals surface area contributed by atoms with E-state index in [0.29, 0.717) is 5.75 Å². The van der Waals surface area contributed by atoms with E-state index in [1.807, 2.05) is 5.40 Å². The maximum Gasteiger partial charge on any atom is 0.324 e. The highest BCUT2D eigenvalue weighted by molar-refractivity contribution is 8.04. The largest absolute Gasteiger partial charge is 0.497 e. The van der Waals surface area contributed by atoms with Gasteiger partial charge in [-0.15, -0.1) is 0 Å². The Labute approximate surface area is 98.2 Å². The average Bonchev–Trinajstić information content (AvgIpc) is 2.35. The molecule has 0 amide bonds. The van der Waals surface area contributed by atoms with Crippen LogP contribution in [0, 0.1) is 10.7 Å². The normalized spacial score (nSPS) is 11.3. The van der Waals surface area contributed by atoms with Crippen molar-refractivity contribution in [3.63, 3.8) is 0 Å². The van der Waals surface area contributed by atoms with Gasteiger partial charge in [-0.2, -0.15) is 5.26 Å². The predicted octanol–water partition coefficient (Wildman–Crippen LogP) is 2.12. The SMILES string of the molecule is COC(=O)C(SC#N)c1ccc(OC)cc1. The molecule has 4 nitrogen and oxygen atoms in total. The molecule has 0 spiro atoms. The second kappa shape index (κ2) is 6.03. The van der Waals surface area contributed by atoms with Gasteiger partial charge in [-0.25, -0.2) is 0 Å². The third kappa shape index (κ3) is 2.91. The van der Waals surface area contributed by atoms with Crippen molar-refractivity contribution >= 4 is 17.7 Å². The second-order valence-electron chi connectivity index (χ2n) is 2.89. The Morgan fingerprint density at radius 1 is 1.38 bits per heavy atom. The van der Waals surface area contributed by atoms with Crippen molar-refractivity contribution in [3.05, 3.63) is 29.8 Å². The van der Waals surface area contributed by atoms with Crippen LogP contribution >= 0.6 is 11.8 Å². The maximum absolute atomic E-state index is 11.4. The predicted molar refractivity (Wildman–Crippen MR) is 61.0 cm³/mol. The number of esters is 1. The first-order valence-electron chi connectivity index (χ1n) is 4.49. The van der Waals surface area contributed by atoms with Crippen molar-refractivity contribution in [2.24, 2.45) is 0 Å². The fraction of sp³-hybridized carbons (Fsp3) is 0.273. The van der Waals surface area contributed by atoms with Gasteiger partial charge in [0.15, 0.2) is 0 Å². The lowest BCUT2D eigenvalue weighted by atomic mass is 10.1. The molecule has 16 heavy (non-hydrogen) atoms. The van der Waals surface area contributed by atoms with Gasteiger partial charge in [0.2, 0.25) is 0 Å². The summed E-state index contributed by atoms with van der Waals surface area (Å²) in [6.45, 7) is 0. The van der Waals surface area contributed by atoms with Gasteiger partial charge in [0.1, 0.15) is 16.4 Å². The topological polar surface area (TPSA) is 59.3 Å². The molecule has 0 fully saturated rings. The molecule has 1 atom stereocenters. The molecule has 0 saturated carbocycles. The zero-order chi connectivity index (χ0) is 12.0. The summed E-state index contributed by atoms with van der Waals surface area (Å²) >= 11 is 0.866. The summed E-state index contributed by atoms with van der Waals surface area (Å²) in [7, 11) is 2.87. The number of benzene rings is 1. The minimum absolute atomic E-state index is 0.434. The molecule has 5 heteroatoms. The molecular weight excluding hydrogens is 226 g/mol. The summed E-state index contributed by atoms with van der Waals surface area (Å²) in [6.07, 6.45) is 0. The summed E-state index contributed by atoms with van der Waals surface area (Å²) in [5, 5.41) is 9.91. The number of carbonyl (C=O) groups is 1. The first-order valence-corrected chi connectivity index (χ1v) is 5.37. The number of nitrogens with zero attached hydrogens (tertiary/aromatic N) is 1. The Balaban J connectivity index is 2.93. The number of nitriles is 1. The lowest BCUT2D eigenvalue weighted by Crippen LogP contribution is -2.10. The van der Waals surface area contributed by atoms with Crippen LogP contribution in [0.3, 0.4) is 0 Å². The van der Waals surface area contributed by atoms with E-state index in [9.17, 15) is 4.79 Å². The number of carbonyl (C=O) groups excluding carboxylic acids is 1. The number of hydrogen-bond donors (Lipinski definition) is 0. The Morgan fingerprint density at radius 3 is 2.44 bits per heavy atom. The van der Waals surface area contributed by atoms with Crippen LogP contribution in [0.2, 0.25) is 0 Å². The van der Waals surface area contributed by atoms with E-state index >= 15 is 0 Å². The smallest absolute Gasteiger partial charge is 0.324 e. The van der Waals surface area contributed by atoms with Gasteiger partial charge >= 0.3 is 5.97 Å². The van der Waals surface area contributed by atoms with Crippen LogP contribution in [0.1, 0.15) is 10.8 Å². The van der Waals surface area contributed by atoms with E-state index in [0.717, 1.165) is 17.3 Å². The molecule has 1 rings (SSSR count). The van der Waals surface area contributed by atoms with E-state index in [-0.39, 0.29) is 0 Å². The van der Waals surface area contributed by atoms with E-state index < -0.39 is 11.2 Å². The van der Waals surface area contributed by atoms with E-state index in [4.69, 9.17) is 10.00 Å². The Morgan fingerprint density at radius 2 is 2.00 bits per heavy atom. The van der Waals surface area contributed by atoms with Crippen molar-refractivity contribution < 1.29 is 14.3 Å². The molecule has 0 aliphatic rings. The molecule has 0 aliphatic carbocycles. The van der Waals surface area contributed by atoms with E-state index in [1.165, 1.54) is 7.11 Å². The highest BCUT2D eigenvalue weighted by Crippen LogP contribution is 2.30. The Bertz CT molecular complexity index is 397. The van der Waals surface area contributed by atoms with Crippen LogP contribution in [0.15, 0.2) is 24.3 Å². The van der Waals surface area contributed by atoms with Gasteiger partial charge in [0, 0.05) is 0 Å². The fourth-order valence-corrected chi connectivity index (χ4v) is 1.78. The first kappa shape index (κ1) is 12.4. The van der Waals surface area contributed by atoms with Crippen molar-refractivity contribution in [2.75, 3.05) is 14.2 Å². The lowest BCUT2D eigenvalue weighted by Gasteiger charge is -2.10. The van der Waals surface area contributed by atoms with Gasteiger partial charge < -0.3 is 9.47 Å². The minimum atomic E-state index is -0.610. The van der Waals surface area contributed by atoms with Crippen LogP contribution in [-0.2, 0) is 9.53 Å². The molecular formula is C11H11NO3S. The van der Waals surface area contributed by atoms with Gasteiger partial charge in [0.05, 0.1) is 14.2 Å². The van der Waals surface area contributed by atoms with Crippen LogP contribution in [0.5, 0.6) is 5.75 Å². The summed E-state index contributed by atoms with van der Waals surface area (Å²) in [4.78, 5) is 11.4. The van der Waals surface area contributed by atoms with Crippen molar-refractivity contribution in [1.29, 1.82) is 5.26 Å². The van der Waals surface area contributed by atoms with E-state index in [1.54, 1.807) is 31.4 Å². The molecule has 1 unspecified atom stereocenters. The standard InChI is InChI=1S/C11H11NO3S/c1-14-9-5-3-8(4-6-9)10(16-7-12)11(13)15-2/h3-6,10H,1-2H3. The molecule has 0 radical (unpaired) electrons. The second-order valence-corrected chi connectivity index (χ2v) is 3.78. The maximum atomic E-state index is 11.4.